The fourth-order valence-corrected chi connectivity index (χ4v) is 14.9. The Morgan fingerprint density at radius 2 is 0.596 bits per heavy atom. The van der Waals surface area contributed by atoms with E-state index < -0.39 is 6.98 Å². The van der Waals surface area contributed by atoms with Crippen LogP contribution in [0.4, 0.5) is 79.6 Å². The van der Waals surface area contributed by atoms with Crippen LogP contribution in [0.3, 0.4) is 0 Å². The molecule has 0 saturated heterocycles. The van der Waals surface area contributed by atoms with E-state index in [1.165, 1.54) is 83.0 Å². The van der Waals surface area contributed by atoms with Gasteiger partial charge in [-0.15, -0.1) is 0 Å². The molecule has 4 aliphatic heterocycles. The highest BCUT2D eigenvalue weighted by molar-refractivity contribution is 5.93. The van der Waals surface area contributed by atoms with Crippen LogP contribution in [0.2, 0.25) is 0 Å². The van der Waals surface area contributed by atoms with Crippen molar-refractivity contribution in [1.82, 2.24) is 0 Å². The summed E-state index contributed by atoms with van der Waals surface area (Å²) in [6.07, 6.45) is 0. The van der Waals surface area contributed by atoms with E-state index in [-0.39, 0.29) is 6.67 Å². The minimum Gasteiger partial charge on any atom is -0.457 e. The van der Waals surface area contributed by atoms with E-state index in [1.54, 1.807) is 0 Å². The van der Waals surface area contributed by atoms with Gasteiger partial charge in [-0.2, -0.15) is 0 Å². The number of nitrogens with zero attached hydrogens (tertiary/aromatic N) is 8. The Kier molecular flexibility index (Phi) is 13.9. The molecule has 0 unspecified atom stereocenters. The minimum absolute atomic E-state index is 0.188. The highest BCUT2D eigenvalue weighted by atomic mass is 16.5. The summed E-state index contributed by atoms with van der Waals surface area (Å²) in [4.78, 5) is 17.9. The molecule has 0 aliphatic carbocycles. The van der Waals surface area contributed by atoms with Crippen LogP contribution in [0, 0.1) is 83.1 Å². The molecule has 0 atom stereocenters. The fraction of sp³-hybridized carbons (Fsp3) is 0.214. The van der Waals surface area contributed by atoms with E-state index >= 15 is 0 Å². The Balaban J connectivity index is 0.748. The van der Waals surface area contributed by atoms with Crippen LogP contribution in [0.15, 0.2) is 194 Å². The molecule has 0 spiro atoms. The number of anilines is 14. The molecule has 10 nitrogen and oxygen atoms in total. The molecule has 0 N–H and O–H groups in total. The summed E-state index contributed by atoms with van der Waals surface area (Å²) in [7, 11) is 2.16. The van der Waals surface area contributed by atoms with Gasteiger partial charge in [0.15, 0.2) is 0 Å². The monoisotopic (exact) mass is 1240 g/mol. The van der Waals surface area contributed by atoms with Crippen molar-refractivity contribution in [3.63, 3.8) is 0 Å². The highest BCUT2D eigenvalue weighted by Gasteiger charge is 2.34. The van der Waals surface area contributed by atoms with Crippen molar-refractivity contribution in [2.75, 3.05) is 79.9 Å². The molecule has 0 aromatic heterocycles. The average molecular weight is 1240 g/mol. The van der Waals surface area contributed by atoms with Crippen molar-refractivity contribution in [3.05, 3.63) is 261 Å². The molecule has 11 aromatic carbocycles. The van der Waals surface area contributed by atoms with Gasteiger partial charge in [0, 0.05) is 76.5 Å². The molecule has 470 valence electrons. The number of hydrogen-bond donors (Lipinski definition) is 0. The highest BCUT2D eigenvalue weighted by Crippen LogP contribution is 2.52. The quantitative estimate of drug-likeness (QED) is 0.118. The molecule has 4 aliphatic rings. The fourth-order valence-electron chi connectivity index (χ4n) is 14.9. The van der Waals surface area contributed by atoms with Gasteiger partial charge in [0.1, 0.15) is 36.3 Å². The molecular formula is C84H82N8O2. The summed E-state index contributed by atoms with van der Waals surface area (Å²) < 4.78 is 39.5. The molecule has 0 fully saturated rings. The summed E-state index contributed by atoms with van der Waals surface area (Å²) in [6, 6.07) is 70.0. The van der Waals surface area contributed by atoms with Crippen molar-refractivity contribution in [1.29, 1.82) is 0 Å². The van der Waals surface area contributed by atoms with E-state index in [0.29, 0.717) is 30.5 Å². The van der Waals surface area contributed by atoms with Gasteiger partial charge in [-0.1, -0.05) is 59.7 Å². The SMILES string of the molecule is [2H]C([2H])([2H])N1CN(c2cccc(Oc3cc(-c4c(C)cc(C)cc4C)cc(N4CN(c5ccc(N6CN(c7cc(Oc8cccc(N9CN(C)c%10cc(C)c(C)cc%109)c8)cc(-c8c(C)cc(C)cc8C)c7)c7cc(C)c(C)cc76)cc5)c5ccccc54)c3)c2)c2cc(C)c(C)cc21. The van der Waals surface area contributed by atoms with E-state index in [9.17, 15) is 0 Å². The zero-order chi connectivity index (χ0) is 67.6. The number of hydrogen-bond acceptors (Lipinski definition) is 10. The van der Waals surface area contributed by atoms with E-state index in [4.69, 9.17) is 13.6 Å². The third-order valence-corrected chi connectivity index (χ3v) is 19.8. The molecule has 11 aromatic rings. The van der Waals surface area contributed by atoms with Gasteiger partial charge in [-0.25, -0.2) is 0 Å². The van der Waals surface area contributed by atoms with Crippen LogP contribution in [-0.2, 0) is 0 Å². The summed E-state index contributed by atoms with van der Waals surface area (Å²) in [5.74, 6) is 2.88. The second kappa shape index (κ2) is 23.2. The number of rotatable bonds is 12. The molecule has 0 radical (unpaired) electrons. The lowest BCUT2D eigenvalue weighted by Gasteiger charge is -2.25. The lowest BCUT2D eigenvalue weighted by Crippen LogP contribution is -2.25. The summed E-state index contributed by atoms with van der Waals surface area (Å²) in [5, 5.41) is 0. The van der Waals surface area contributed by atoms with E-state index in [2.05, 4.69) is 281 Å². The second-order valence-electron chi connectivity index (χ2n) is 26.7. The normalized spacial score (nSPS) is 14.5. The Labute approximate surface area is 559 Å². The molecular weight excluding hydrogens is 1150 g/mol. The van der Waals surface area contributed by atoms with Crippen LogP contribution < -0.4 is 48.7 Å². The third-order valence-electron chi connectivity index (χ3n) is 19.8. The van der Waals surface area contributed by atoms with Gasteiger partial charge in [0.2, 0.25) is 0 Å². The Bertz CT molecular complexity index is 4960. The minimum atomic E-state index is -2.31. The number of benzene rings is 11. The number of ether oxygens (including phenoxy) is 2. The second-order valence-corrected chi connectivity index (χ2v) is 26.7. The van der Waals surface area contributed by atoms with Gasteiger partial charge in [0.05, 0.1) is 58.8 Å². The molecule has 0 amide bonds. The molecule has 10 heteroatoms. The smallest absolute Gasteiger partial charge is 0.130 e. The molecule has 15 rings (SSSR count). The van der Waals surface area contributed by atoms with Gasteiger partial charge in [-0.05, 0) is 282 Å². The summed E-state index contributed by atoms with van der Waals surface area (Å²) >= 11 is 0. The third kappa shape index (κ3) is 10.6. The van der Waals surface area contributed by atoms with Crippen molar-refractivity contribution in [2.24, 2.45) is 0 Å². The first-order chi connectivity index (χ1) is 46.5. The van der Waals surface area contributed by atoms with E-state index in [0.717, 1.165) is 103 Å². The first kappa shape index (κ1) is 56.2. The maximum Gasteiger partial charge on any atom is 0.130 e. The van der Waals surface area contributed by atoms with Crippen LogP contribution in [0.5, 0.6) is 23.0 Å². The van der Waals surface area contributed by atoms with Crippen LogP contribution >= 0.6 is 0 Å². The first-order valence-corrected chi connectivity index (χ1v) is 32.7. The lowest BCUT2D eigenvalue weighted by molar-refractivity contribution is 0.482. The Morgan fingerprint density at radius 1 is 0.266 bits per heavy atom. The molecule has 0 bridgehead atoms. The number of para-hydroxylation sites is 2. The lowest BCUT2D eigenvalue weighted by atomic mass is 9.93. The van der Waals surface area contributed by atoms with Crippen molar-refractivity contribution in [2.45, 2.75) is 83.1 Å². The zero-order valence-electron chi connectivity index (χ0n) is 59.2. The largest absolute Gasteiger partial charge is 0.457 e. The van der Waals surface area contributed by atoms with E-state index in [1.807, 2.05) is 37.3 Å². The van der Waals surface area contributed by atoms with Crippen molar-refractivity contribution in [3.8, 4) is 45.3 Å². The van der Waals surface area contributed by atoms with Gasteiger partial charge in [0.25, 0.3) is 0 Å². The van der Waals surface area contributed by atoms with Gasteiger partial charge < -0.3 is 48.7 Å². The summed E-state index contributed by atoms with van der Waals surface area (Å²) in [6.45, 7) is 25.8. The number of aryl methyl sites for hydroxylation is 12. The Hall–Kier alpha value is -10.6. The van der Waals surface area contributed by atoms with Crippen molar-refractivity contribution >= 4 is 79.6 Å². The van der Waals surface area contributed by atoms with Gasteiger partial charge >= 0.3 is 0 Å². The first-order valence-electron chi connectivity index (χ1n) is 34.2. The van der Waals surface area contributed by atoms with Crippen LogP contribution in [0.25, 0.3) is 22.3 Å². The molecule has 0 saturated carbocycles. The molecule has 4 heterocycles. The number of fused-ring (bicyclic) bond motifs is 4. The van der Waals surface area contributed by atoms with Crippen LogP contribution in [0.1, 0.15) is 70.9 Å². The standard InChI is InChI=1S/C84H82N8O2/c1-51-29-59(9)83(60(10)30-51)63-39-69(45-73(41-63)93-71-21-17-19-67(43-71)87-47-85(13)77-33-53(3)55(5)35-79(77)87)91-49-89(75-23-15-16-24-76(75)91)65-25-27-66(28-26-65)90-50-92(82-38-58(8)57(7)37-81(82)90)70-40-64(84-61(11)31-52(2)32-62(84)12)42-74(46-70)94-72-22-18-20-68(44-72)88-48-86(14)78-34-54(4)56(6)36-80(78)88/h15-46H,47-50H2,1-14H3/i13D3. The van der Waals surface area contributed by atoms with Crippen LogP contribution in [-0.4, -0.2) is 40.7 Å². The topological polar surface area (TPSA) is 44.4 Å². The average Bonchev–Trinajstić information content (AvgIpc) is 1.71. The molecule has 94 heavy (non-hydrogen) atoms. The Morgan fingerprint density at radius 3 is 1.01 bits per heavy atom. The maximum absolute atomic E-state index is 8.46. The predicted octanol–water partition coefficient (Wildman–Crippen LogP) is 21.9. The zero-order valence-corrected chi connectivity index (χ0v) is 56.2. The predicted molar refractivity (Wildman–Crippen MR) is 395 cm³/mol. The van der Waals surface area contributed by atoms with Gasteiger partial charge in [-0.3, -0.25) is 0 Å². The van der Waals surface area contributed by atoms with Crippen molar-refractivity contribution < 1.29 is 13.6 Å². The maximum atomic E-state index is 8.46. The summed E-state index contributed by atoms with van der Waals surface area (Å²) in [5.41, 5.74) is 33.6.